The number of ether oxygens (including phenoxy) is 1. The molecule has 0 N–H and O–H groups in total. The van der Waals surface area contributed by atoms with Crippen molar-refractivity contribution < 1.29 is 9.53 Å². The zero-order valence-corrected chi connectivity index (χ0v) is 11.4. The quantitative estimate of drug-likeness (QED) is 0.771. The number of rotatable bonds is 5. The molecule has 0 aliphatic heterocycles. The third-order valence-electron chi connectivity index (χ3n) is 2.82. The highest BCUT2D eigenvalue weighted by molar-refractivity contribution is 5.78. The number of hydrogen-bond acceptors (Lipinski definition) is 3. The van der Waals surface area contributed by atoms with Crippen LogP contribution in [0.15, 0.2) is 36.4 Å². The van der Waals surface area contributed by atoms with Crippen LogP contribution in [0.4, 0.5) is 0 Å². The maximum absolute atomic E-state index is 11.5. The normalized spacial score (nSPS) is 10.9. The van der Waals surface area contributed by atoms with Crippen molar-refractivity contribution in [3.05, 3.63) is 42.1 Å². The third-order valence-corrected chi connectivity index (χ3v) is 2.82. The first-order valence-electron chi connectivity index (χ1n) is 6.65. The fourth-order valence-electron chi connectivity index (χ4n) is 1.81. The average Bonchev–Trinajstić information content (AvgIpc) is 2.42. The largest absolute Gasteiger partial charge is 0.465 e. The number of carbonyl (C=O) groups excluding carboxylic acids is 1. The van der Waals surface area contributed by atoms with Crippen LogP contribution in [0, 0.1) is 5.92 Å². The fraction of sp³-hybridized carbons (Fsp3) is 0.375. The Morgan fingerprint density at radius 2 is 2.00 bits per heavy atom. The summed E-state index contributed by atoms with van der Waals surface area (Å²) in [6, 6.07) is 12.0. The van der Waals surface area contributed by atoms with Crippen LogP contribution in [0.3, 0.4) is 0 Å². The highest BCUT2D eigenvalue weighted by atomic mass is 16.5. The maximum Gasteiger partial charge on any atom is 0.306 e. The van der Waals surface area contributed by atoms with E-state index in [0.29, 0.717) is 25.4 Å². The van der Waals surface area contributed by atoms with E-state index in [1.807, 2.05) is 50.2 Å². The van der Waals surface area contributed by atoms with E-state index >= 15 is 0 Å². The van der Waals surface area contributed by atoms with Gasteiger partial charge in [-0.2, -0.15) is 0 Å². The lowest BCUT2D eigenvalue weighted by atomic mass is 10.1. The van der Waals surface area contributed by atoms with Gasteiger partial charge in [-0.15, -0.1) is 0 Å². The average molecular weight is 257 g/mol. The maximum atomic E-state index is 11.5. The molecule has 0 fully saturated rings. The summed E-state index contributed by atoms with van der Waals surface area (Å²) in [7, 11) is 0. The zero-order chi connectivity index (χ0) is 13.7. The Hall–Kier alpha value is -1.90. The molecule has 0 aliphatic carbocycles. The number of carbonyl (C=O) groups is 1. The van der Waals surface area contributed by atoms with E-state index in [4.69, 9.17) is 4.74 Å². The Balaban J connectivity index is 1.92. The first-order valence-corrected chi connectivity index (χ1v) is 6.65. The third kappa shape index (κ3) is 4.05. The topological polar surface area (TPSA) is 39.2 Å². The Labute approximate surface area is 113 Å². The van der Waals surface area contributed by atoms with Crippen molar-refractivity contribution in [3.8, 4) is 0 Å². The predicted octanol–water partition coefficient (Wildman–Crippen LogP) is 3.37. The van der Waals surface area contributed by atoms with Crippen molar-refractivity contribution in [1.82, 2.24) is 4.98 Å². The van der Waals surface area contributed by atoms with Crippen molar-refractivity contribution >= 4 is 16.9 Å². The number of benzene rings is 1. The van der Waals surface area contributed by atoms with Gasteiger partial charge in [0.15, 0.2) is 0 Å². The summed E-state index contributed by atoms with van der Waals surface area (Å²) in [5.41, 5.74) is 1.90. The van der Waals surface area contributed by atoms with Crippen LogP contribution in [0.1, 0.15) is 26.0 Å². The Bertz CT molecular complexity index is 563. The molecule has 3 nitrogen and oxygen atoms in total. The van der Waals surface area contributed by atoms with Gasteiger partial charge in [0.25, 0.3) is 0 Å². The van der Waals surface area contributed by atoms with Crippen LogP contribution < -0.4 is 0 Å². The smallest absolute Gasteiger partial charge is 0.306 e. The van der Waals surface area contributed by atoms with Crippen LogP contribution in [0.5, 0.6) is 0 Å². The highest BCUT2D eigenvalue weighted by Gasteiger charge is 2.06. The van der Waals surface area contributed by atoms with Crippen molar-refractivity contribution in [2.75, 3.05) is 6.61 Å². The second-order valence-electron chi connectivity index (χ2n) is 5.07. The minimum atomic E-state index is -0.149. The molecule has 0 atom stereocenters. The Kier molecular flexibility index (Phi) is 4.50. The molecule has 19 heavy (non-hydrogen) atoms. The first-order chi connectivity index (χ1) is 9.15. The molecule has 100 valence electrons. The Morgan fingerprint density at radius 3 is 2.79 bits per heavy atom. The lowest BCUT2D eigenvalue weighted by Crippen LogP contribution is -2.10. The summed E-state index contributed by atoms with van der Waals surface area (Å²) >= 11 is 0. The molecular weight excluding hydrogens is 238 g/mol. The van der Waals surface area contributed by atoms with E-state index in [9.17, 15) is 4.79 Å². The number of aromatic nitrogens is 1. The van der Waals surface area contributed by atoms with Crippen molar-refractivity contribution in [3.63, 3.8) is 0 Å². The van der Waals surface area contributed by atoms with Crippen LogP contribution in [0.25, 0.3) is 10.9 Å². The molecule has 0 aliphatic rings. The van der Waals surface area contributed by atoms with Gasteiger partial charge in [-0.05, 0) is 18.1 Å². The minimum Gasteiger partial charge on any atom is -0.465 e. The predicted molar refractivity (Wildman–Crippen MR) is 75.9 cm³/mol. The van der Waals surface area contributed by atoms with Crippen LogP contribution in [-0.4, -0.2) is 17.6 Å². The van der Waals surface area contributed by atoms with Crippen molar-refractivity contribution in [2.45, 2.75) is 26.7 Å². The van der Waals surface area contributed by atoms with E-state index in [0.717, 1.165) is 16.6 Å². The SMILES string of the molecule is CC(C)COC(=O)CCc1ccc2ccccc2n1. The number of fused-ring (bicyclic) bond motifs is 1. The van der Waals surface area contributed by atoms with Crippen molar-refractivity contribution in [2.24, 2.45) is 5.92 Å². The molecule has 1 aromatic carbocycles. The van der Waals surface area contributed by atoms with Crippen molar-refractivity contribution in [1.29, 1.82) is 0 Å². The van der Waals surface area contributed by atoms with Gasteiger partial charge in [0, 0.05) is 17.5 Å². The number of para-hydroxylation sites is 1. The highest BCUT2D eigenvalue weighted by Crippen LogP contribution is 2.12. The van der Waals surface area contributed by atoms with E-state index in [1.54, 1.807) is 0 Å². The molecule has 2 aromatic rings. The summed E-state index contributed by atoms with van der Waals surface area (Å²) in [6.45, 7) is 4.54. The summed E-state index contributed by atoms with van der Waals surface area (Å²) in [5.74, 6) is 0.228. The van der Waals surface area contributed by atoms with Gasteiger partial charge in [0.1, 0.15) is 0 Å². The molecule has 0 saturated carbocycles. The van der Waals surface area contributed by atoms with Crippen LogP contribution >= 0.6 is 0 Å². The molecule has 0 radical (unpaired) electrons. The summed E-state index contributed by atoms with van der Waals surface area (Å²) in [6.07, 6.45) is 1.01. The number of esters is 1. The number of aryl methyl sites for hydroxylation is 1. The van der Waals surface area contributed by atoms with Gasteiger partial charge in [0.05, 0.1) is 18.5 Å². The van der Waals surface area contributed by atoms with E-state index < -0.39 is 0 Å². The number of hydrogen-bond donors (Lipinski definition) is 0. The molecule has 1 heterocycles. The number of nitrogens with zero attached hydrogens (tertiary/aromatic N) is 1. The molecule has 0 spiro atoms. The van der Waals surface area contributed by atoms with Gasteiger partial charge in [-0.25, -0.2) is 0 Å². The molecule has 2 rings (SSSR count). The molecular formula is C16H19NO2. The van der Waals surface area contributed by atoms with Gasteiger partial charge >= 0.3 is 5.97 Å². The van der Waals surface area contributed by atoms with E-state index in [1.165, 1.54) is 0 Å². The van der Waals surface area contributed by atoms with Gasteiger partial charge in [-0.3, -0.25) is 9.78 Å². The fourth-order valence-corrected chi connectivity index (χ4v) is 1.81. The van der Waals surface area contributed by atoms with Crippen LogP contribution in [-0.2, 0) is 16.0 Å². The van der Waals surface area contributed by atoms with E-state index in [2.05, 4.69) is 4.98 Å². The summed E-state index contributed by atoms with van der Waals surface area (Å²) < 4.78 is 5.15. The van der Waals surface area contributed by atoms with Gasteiger partial charge < -0.3 is 4.74 Å². The van der Waals surface area contributed by atoms with Crippen LogP contribution in [0.2, 0.25) is 0 Å². The zero-order valence-electron chi connectivity index (χ0n) is 11.4. The van der Waals surface area contributed by atoms with Gasteiger partial charge in [0.2, 0.25) is 0 Å². The molecule has 1 aromatic heterocycles. The first kappa shape index (κ1) is 13.5. The van der Waals surface area contributed by atoms with Gasteiger partial charge in [-0.1, -0.05) is 38.1 Å². The molecule has 0 bridgehead atoms. The molecule has 0 unspecified atom stereocenters. The Morgan fingerprint density at radius 1 is 1.21 bits per heavy atom. The molecule has 0 amide bonds. The lowest BCUT2D eigenvalue weighted by Gasteiger charge is -2.07. The summed E-state index contributed by atoms with van der Waals surface area (Å²) in [5, 5.41) is 1.12. The lowest BCUT2D eigenvalue weighted by molar-refractivity contribution is -0.144. The second kappa shape index (κ2) is 6.32. The summed E-state index contributed by atoms with van der Waals surface area (Å²) in [4.78, 5) is 16.1. The standard InChI is InChI=1S/C16H19NO2/c1-12(2)11-19-16(18)10-9-14-8-7-13-5-3-4-6-15(13)17-14/h3-8,12H,9-11H2,1-2H3. The molecule has 0 saturated heterocycles. The molecule has 3 heteroatoms. The second-order valence-corrected chi connectivity index (χ2v) is 5.07. The minimum absolute atomic E-state index is 0.149. The number of pyridine rings is 1. The van der Waals surface area contributed by atoms with E-state index in [-0.39, 0.29) is 5.97 Å². The monoisotopic (exact) mass is 257 g/mol.